The first-order chi connectivity index (χ1) is 7.54. The minimum atomic E-state index is -0.444. The second-order valence-electron chi connectivity index (χ2n) is 3.33. The molecule has 0 saturated heterocycles. The predicted octanol–water partition coefficient (Wildman–Crippen LogP) is 1.18. The molecule has 5 heteroatoms. The number of benzene rings is 1. The van der Waals surface area contributed by atoms with Gasteiger partial charge in [0.2, 0.25) is 5.91 Å². The summed E-state index contributed by atoms with van der Waals surface area (Å²) in [7, 11) is 1.58. The van der Waals surface area contributed by atoms with Crippen LogP contribution in [-0.2, 0) is 11.3 Å². The highest BCUT2D eigenvalue weighted by atomic mass is 19.1. The molecule has 1 N–H and O–H groups in total. The maximum atomic E-state index is 12.8. The van der Waals surface area contributed by atoms with Gasteiger partial charge in [0.25, 0.3) is 0 Å². The Morgan fingerprint density at radius 1 is 1.62 bits per heavy atom. The number of nitriles is 1. The van der Waals surface area contributed by atoms with E-state index in [0.717, 1.165) is 0 Å². The van der Waals surface area contributed by atoms with Gasteiger partial charge < -0.3 is 0 Å². The SMILES string of the molecule is CC(=O)N(C)NCc1ccc(F)cc1C#N. The Morgan fingerprint density at radius 3 is 2.88 bits per heavy atom. The molecule has 0 aliphatic carbocycles. The molecule has 1 amide bonds. The number of nitrogens with one attached hydrogen (secondary N) is 1. The Kier molecular flexibility index (Phi) is 3.97. The summed E-state index contributed by atoms with van der Waals surface area (Å²) in [6.45, 7) is 1.72. The number of carbonyl (C=O) groups excluding carboxylic acids is 1. The van der Waals surface area contributed by atoms with Crippen LogP contribution in [0.5, 0.6) is 0 Å². The van der Waals surface area contributed by atoms with Crippen molar-refractivity contribution >= 4 is 5.91 Å². The van der Waals surface area contributed by atoms with Crippen LogP contribution in [0.25, 0.3) is 0 Å². The fourth-order valence-electron chi connectivity index (χ4n) is 1.12. The Hall–Kier alpha value is -1.93. The second kappa shape index (κ2) is 5.24. The van der Waals surface area contributed by atoms with Crippen LogP contribution in [0.15, 0.2) is 18.2 Å². The summed E-state index contributed by atoms with van der Waals surface area (Å²) in [6.07, 6.45) is 0. The van der Waals surface area contributed by atoms with Crippen molar-refractivity contribution in [1.29, 1.82) is 5.26 Å². The first-order valence-electron chi connectivity index (χ1n) is 4.71. The quantitative estimate of drug-likeness (QED) is 0.780. The zero-order chi connectivity index (χ0) is 12.1. The summed E-state index contributed by atoms with van der Waals surface area (Å²) in [5, 5.41) is 10.1. The van der Waals surface area contributed by atoms with Gasteiger partial charge in [-0.05, 0) is 17.7 Å². The van der Waals surface area contributed by atoms with Crippen LogP contribution in [0.1, 0.15) is 18.1 Å². The third kappa shape index (κ3) is 3.04. The summed E-state index contributed by atoms with van der Waals surface area (Å²) >= 11 is 0. The van der Waals surface area contributed by atoms with Crippen molar-refractivity contribution in [1.82, 2.24) is 10.4 Å². The molecule has 1 aromatic rings. The summed E-state index contributed by atoms with van der Waals surface area (Å²) in [5.74, 6) is -0.583. The standard InChI is InChI=1S/C11H12FN3O/c1-8(16)15(2)14-7-9-3-4-11(12)5-10(9)6-13/h3-5,14H,7H2,1-2H3. The average Bonchev–Trinajstić information content (AvgIpc) is 2.26. The lowest BCUT2D eigenvalue weighted by Crippen LogP contribution is -2.37. The summed E-state index contributed by atoms with van der Waals surface area (Å²) < 4.78 is 12.8. The number of carbonyl (C=O) groups is 1. The molecule has 16 heavy (non-hydrogen) atoms. The van der Waals surface area contributed by atoms with Crippen molar-refractivity contribution in [2.45, 2.75) is 13.5 Å². The highest BCUT2D eigenvalue weighted by Gasteiger charge is 2.06. The van der Waals surface area contributed by atoms with E-state index in [4.69, 9.17) is 5.26 Å². The van der Waals surface area contributed by atoms with Crippen molar-refractivity contribution in [2.24, 2.45) is 0 Å². The molecule has 0 heterocycles. The van der Waals surface area contributed by atoms with Crippen molar-refractivity contribution in [3.63, 3.8) is 0 Å². The van der Waals surface area contributed by atoms with Gasteiger partial charge in [-0.3, -0.25) is 9.80 Å². The number of hydrogen-bond acceptors (Lipinski definition) is 3. The highest BCUT2D eigenvalue weighted by molar-refractivity contribution is 5.72. The molecule has 0 aromatic heterocycles. The van der Waals surface area contributed by atoms with Crippen molar-refractivity contribution in [2.75, 3.05) is 7.05 Å². The maximum Gasteiger partial charge on any atom is 0.233 e. The number of amides is 1. The molecule has 0 bridgehead atoms. The zero-order valence-corrected chi connectivity index (χ0v) is 9.12. The van der Waals surface area contributed by atoms with E-state index < -0.39 is 5.82 Å². The molecule has 0 fully saturated rings. The first-order valence-corrected chi connectivity index (χ1v) is 4.71. The number of hydrazine groups is 1. The molecule has 0 atom stereocenters. The number of nitrogens with zero attached hydrogens (tertiary/aromatic N) is 2. The average molecular weight is 221 g/mol. The zero-order valence-electron chi connectivity index (χ0n) is 9.12. The monoisotopic (exact) mass is 221 g/mol. The van der Waals surface area contributed by atoms with Gasteiger partial charge in [0.15, 0.2) is 0 Å². The number of rotatable bonds is 3. The smallest absolute Gasteiger partial charge is 0.233 e. The number of hydrogen-bond donors (Lipinski definition) is 1. The third-order valence-electron chi connectivity index (χ3n) is 2.17. The maximum absolute atomic E-state index is 12.8. The topological polar surface area (TPSA) is 56.1 Å². The van der Waals surface area contributed by atoms with Crippen molar-refractivity contribution in [3.8, 4) is 6.07 Å². The van der Waals surface area contributed by atoms with Gasteiger partial charge in [0, 0.05) is 20.5 Å². The molecule has 0 saturated carbocycles. The van der Waals surface area contributed by atoms with Crippen LogP contribution in [-0.4, -0.2) is 18.0 Å². The first kappa shape index (κ1) is 12.1. The molecule has 0 aliphatic heterocycles. The van der Waals surface area contributed by atoms with Crippen molar-refractivity contribution < 1.29 is 9.18 Å². The number of halogens is 1. The van der Waals surface area contributed by atoms with Gasteiger partial charge in [0.1, 0.15) is 5.82 Å². The summed E-state index contributed by atoms with van der Waals surface area (Å²) in [4.78, 5) is 10.9. The fourth-order valence-corrected chi connectivity index (χ4v) is 1.12. The van der Waals surface area contributed by atoms with E-state index in [-0.39, 0.29) is 11.5 Å². The fraction of sp³-hybridized carbons (Fsp3) is 0.273. The molecule has 4 nitrogen and oxygen atoms in total. The lowest BCUT2D eigenvalue weighted by Gasteiger charge is -2.16. The Labute approximate surface area is 93.3 Å². The van der Waals surface area contributed by atoms with Crippen LogP contribution in [0.3, 0.4) is 0 Å². The van der Waals surface area contributed by atoms with Crippen LogP contribution < -0.4 is 5.43 Å². The van der Waals surface area contributed by atoms with Crippen LogP contribution in [0.2, 0.25) is 0 Å². The van der Waals surface area contributed by atoms with E-state index in [1.165, 1.54) is 30.1 Å². The third-order valence-corrected chi connectivity index (χ3v) is 2.17. The molecular formula is C11H12FN3O. The molecule has 84 valence electrons. The lowest BCUT2D eigenvalue weighted by molar-refractivity contribution is -0.130. The molecular weight excluding hydrogens is 209 g/mol. The normalized spacial score (nSPS) is 9.62. The lowest BCUT2D eigenvalue weighted by atomic mass is 10.1. The van der Waals surface area contributed by atoms with E-state index in [1.54, 1.807) is 7.05 Å². The van der Waals surface area contributed by atoms with Crippen molar-refractivity contribution in [3.05, 3.63) is 35.1 Å². The molecule has 0 spiro atoms. The van der Waals surface area contributed by atoms with Crippen LogP contribution in [0, 0.1) is 17.1 Å². The minimum Gasteiger partial charge on any atom is -0.281 e. The largest absolute Gasteiger partial charge is 0.281 e. The van der Waals surface area contributed by atoms with E-state index in [9.17, 15) is 9.18 Å². The van der Waals surface area contributed by atoms with E-state index >= 15 is 0 Å². The summed E-state index contributed by atoms with van der Waals surface area (Å²) in [6, 6.07) is 5.88. The Morgan fingerprint density at radius 2 is 2.31 bits per heavy atom. The summed E-state index contributed by atoms with van der Waals surface area (Å²) in [5.41, 5.74) is 3.72. The van der Waals surface area contributed by atoms with Gasteiger partial charge in [-0.25, -0.2) is 9.82 Å². The van der Waals surface area contributed by atoms with Gasteiger partial charge in [-0.1, -0.05) is 6.07 Å². The minimum absolute atomic E-state index is 0.138. The molecule has 0 aliphatic rings. The van der Waals surface area contributed by atoms with Gasteiger partial charge in [-0.15, -0.1) is 0 Å². The van der Waals surface area contributed by atoms with Crippen LogP contribution >= 0.6 is 0 Å². The van der Waals surface area contributed by atoms with Gasteiger partial charge in [0.05, 0.1) is 11.6 Å². The predicted molar refractivity (Wildman–Crippen MR) is 56.4 cm³/mol. The second-order valence-corrected chi connectivity index (χ2v) is 3.33. The van der Waals surface area contributed by atoms with Crippen LogP contribution in [0.4, 0.5) is 4.39 Å². The van der Waals surface area contributed by atoms with E-state index in [2.05, 4.69) is 5.43 Å². The molecule has 0 radical (unpaired) electrons. The Balaban J connectivity index is 2.75. The molecule has 1 aromatic carbocycles. The molecule has 0 unspecified atom stereocenters. The highest BCUT2D eigenvalue weighted by Crippen LogP contribution is 2.10. The molecule has 1 rings (SSSR count). The van der Waals surface area contributed by atoms with Gasteiger partial charge in [-0.2, -0.15) is 5.26 Å². The van der Waals surface area contributed by atoms with Gasteiger partial charge >= 0.3 is 0 Å². The Bertz CT molecular complexity index is 439. The van der Waals surface area contributed by atoms with E-state index in [0.29, 0.717) is 12.1 Å². The van der Waals surface area contributed by atoms with E-state index in [1.807, 2.05) is 6.07 Å².